The van der Waals surface area contributed by atoms with Gasteiger partial charge in [0.2, 0.25) is 0 Å². The van der Waals surface area contributed by atoms with Crippen molar-refractivity contribution in [2.45, 2.75) is 12.5 Å². The average Bonchev–Trinajstić information content (AvgIpc) is 3.45. The first-order valence-electron chi connectivity index (χ1n) is 11.0. The summed E-state index contributed by atoms with van der Waals surface area (Å²) < 4.78 is 0. The third kappa shape index (κ3) is 4.67. The number of nitrogens with one attached hydrogen (secondary N) is 3. The number of nitrogen functional groups attached to an aromatic ring is 1. The Bertz CT molecular complexity index is 1470. The van der Waals surface area contributed by atoms with Crippen LogP contribution >= 0.6 is 11.6 Å². The van der Waals surface area contributed by atoms with Gasteiger partial charge < -0.3 is 20.9 Å². The molecule has 5 aromatic rings. The summed E-state index contributed by atoms with van der Waals surface area (Å²) in [4.78, 5) is 26.7. The zero-order valence-corrected chi connectivity index (χ0v) is 19.6. The molecule has 176 valence electrons. The van der Waals surface area contributed by atoms with E-state index in [4.69, 9.17) is 22.3 Å². The van der Waals surface area contributed by atoms with E-state index in [2.05, 4.69) is 25.5 Å². The van der Waals surface area contributed by atoms with Gasteiger partial charge in [-0.25, -0.2) is 9.78 Å². The zero-order chi connectivity index (χ0) is 24.4. The number of imidazole rings is 1. The molecule has 0 aliphatic rings. The number of hydrogen-bond acceptors (Lipinski definition) is 5. The normalized spacial score (nSPS) is 11.9. The molecule has 10 heteroatoms. The number of hydrogen-bond donors (Lipinski definition) is 4. The number of rotatable bonds is 6. The topological polar surface area (TPSA) is 129 Å². The van der Waals surface area contributed by atoms with Crippen molar-refractivity contribution in [3.8, 4) is 11.3 Å². The van der Waals surface area contributed by atoms with Gasteiger partial charge in [0.1, 0.15) is 16.7 Å². The van der Waals surface area contributed by atoms with Crippen molar-refractivity contribution in [3.63, 3.8) is 0 Å². The maximum absolute atomic E-state index is 13.1. The number of nitrogens with zero attached hydrogens (tertiary/aromatic N) is 4. The van der Waals surface area contributed by atoms with E-state index in [1.54, 1.807) is 36.5 Å². The quantitative estimate of drug-likeness (QED) is 0.267. The van der Waals surface area contributed by atoms with Crippen LogP contribution in [0.3, 0.4) is 0 Å². The molecule has 0 aliphatic carbocycles. The van der Waals surface area contributed by atoms with Crippen LogP contribution in [0.2, 0.25) is 5.15 Å². The minimum Gasteiger partial charge on any atom is -0.382 e. The van der Waals surface area contributed by atoms with E-state index in [1.165, 1.54) is 0 Å². The highest BCUT2D eigenvalue weighted by atomic mass is 35.5. The summed E-state index contributed by atoms with van der Waals surface area (Å²) >= 11 is 6.60. The van der Waals surface area contributed by atoms with Crippen molar-refractivity contribution in [1.82, 2.24) is 30.0 Å². The van der Waals surface area contributed by atoms with Gasteiger partial charge in [-0.15, -0.1) is 0 Å². The lowest BCUT2D eigenvalue weighted by molar-refractivity contribution is 0.201. The van der Waals surface area contributed by atoms with Gasteiger partial charge in [-0.05, 0) is 29.8 Å². The molecule has 1 atom stereocenters. The number of pyridine rings is 1. The number of amides is 2. The second-order valence-electron chi connectivity index (χ2n) is 8.14. The Balaban J connectivity index is 1.48. The number of halogens is 1. The highest BCUT2D eigenvalue weighted by Crippen LogP contribution is 2.32. The van der Waals surface area contributed by atoms with E-state index in [0.29, 0.717) is 34.6 Å². The molecule has 0 radical (unpaired) electrons. The van der Waals surface area contributed by atoms with E-state index in [1.807, 2.05) is 48.5 Å². The first-order chi connectivity index (χ1) is 17.0. The number of aromatic nitrogens is 5. The summed E-state index contributed by atoms with van der Waals surface area (Å²) in [5, 5.41) is 11.1. The smallest absolute Gasteiger partial charge is 0.322 e. The molecule has 35 heavy (non-hydrogen) atoms. The highest BCUT2D eigenvalue weighted by molar-refractivity contribution is 6.32. The number of fused-ring (bicyclic) bond motifs is 1. The second-order valence-corrected chi connectivity index (χ2v) is 8.51. The van der Waals surface area contributed by atoms with E-state index < -0.39 is 6.04 Å². The molecule has 0 spiro atoms. The Kier molecular flexibility index (Phi) is 6.07. The number of anilines is 2. The molecule has 0 saturated carbocycles. The molecule has 5 N–H and O–H groups in total. The molecule has 5 rings (SSSR count). The lowest BCUT2D eigenvalue weighted by atomic mass is 10.0. The number of nitrogens with two attached hydrogens (primary N) is 1. The molecule has 3 aromatic heterocycles. The average molecular weight is 487 g/mol. The molecule has 0 bridgehead atoms. The minimum absolute atomic E-state index is 0.277. The Morgan fingerprint density at radius 3 is 2.69 bits per heavy atom. The van der Waals surface area contributed by atoms with Gasteiger partial charge in [0.05, 0.1) is 11.6 Å². The fraction of sp³-hybridized carbons (Fsp3) is 0.120. The van der Waals surface area contributed by atoms with Crippen LogP contribution in [0.4, 0.5) is 16.3 Å². The zero-order valence-electron chi connectivity index (χ0n) is 18.9. The van der Waals surface area contributed by atoms with Crippen LogP contribution in [0.5, 0.6) is 0 Å². The number of benzene rings is 2. The van der Waals surface area contributed by atoms with Crippen LogP contribution in [-0.2, 0) is 6.42 Å². The van der Waals surface area contributed by atoms with Gasteiger partial charge in [0, 0.05) is 42.5 Å². The van der Waals surface area contributed by atoms with Gasteiger partial charge >= 0.3 is 6.03 Å². The largest absolute Gasteiger partial charge is 0.382 e. The molecular weight excluding hydrogens is 464 g/mol. The van der Waals surface area contributed by atoms with Crippen LogP contribution in [0.15, 0.2) is 73.1 Å². The van der Waals surface area contributed by atoms with Crippen molar-refractivity contribution in [1.29, 1.82) is 0 Å². The molecule has 0 fully saturated rings. The molecule has 2 aromatic carbocycles. The summed E-state index contributed by atoms with van der Waals surface area (Å²) in [6.45, 7) is 0. The Hall–Kier alpha value is -4.37. The lowest BCUT2D eigenvalue weighted by Crippen LogP contribution is -2.36. The Labute approximate surface area is 206 Å². The SMILES string of the molecule is CN(C(=O)Nc1ccncc1)[C@@H](Cc1ccccc1)c1nc(-c2ccc3c(N)n[nH]c3c2)c(Cl)[nH]1. The van der Waals surface area contributed by atoms with Crippen LogP contribution in [0.1, 0.15) is 17.4 Å². The van der Waals surface area contributed by atoms with Gasteiger partial charge in [-0.1, -0.05) is 48.0 Å². The number of H-pyrrole nitrogens is 2. The fourth-order valence-corrected chi connectivity index (χ4v) is 4.20. The third-order valence-corrected chi connectivity index (χ3v) is 6.12. The predicted molar refractivity (Wildman–Crippen MR) is 137 cm³/mol. The third-order valence-electron chi connectivity index (χ3n) is 5.85. The summed E-state index contributed by atoms with van der Waals surface area (Å²) in [5.41, 5.74) is 9.78. The van der Waals surface area contributed by atoms with Crippen molar-refractivity contribution in [2.24, 2.45) is 0 Å². The maximum Gasteiger partial charge on any atom is 0.322 e. The monoisotopic (exact) mass is 486 g/mol. The predicted octanol–water partition coefficient (Wildman–Crippen LogP) is 5.03. The number of aromatic amines is 2. The van der Waals surface area contributed by atoms with Crippen LogP contribution in [0, 0.1) is 0 Å². The van der Waals surface area contributed by atoms with E-state index >= 15 is 0 Å². The van der Waals surface area contributed by atoms with Gasteiger partial charge in [-0.3, -0.25) is 10.1 Å². The summed E-state index contributed by atoms with van der Waals surface area (Å²) in [7, 11) is 1.74. The van der Waals surface area contributed by atoms with Crippen molar-refractivity contribution in [3.05, 3.63) is 89.6 Å². The number of urea groups is 1. The van der Waals surface area contributed by atoms with Crippen molar-refractivity contribution >= 4 is 40.0 Å². The molecular formula is C25H23ClN8O. The standard InChI is InChI=1S/C25H23ClN8O/c1-34(25(35)29-17-9-11-28-12-10-17)20(13-15-5-3-2-4-6-15)24-30-21(22(26)31-24)16-7-8-18-19(14-16)32-33-23(18)27/h2-12,14,20H,13H2,1H3,(H,30,31)(H3,27,32,33)(H,28,29,35)/t20-/m0/s1. The van der Waals surface area contributed by atoms with E-state index in [9.17, 15) is 4.79 Å². The molecule has 9 nitrogen and oxygen atoms in total. The van der Waals surface area contributed by atoms with Gasteiger partial charge in [0.25, 0.3) is 0 Å². The first-order valence-corrected chi connectivity index (χ1v) is 11.3. The number of likely N-dealkylation sites (N-methyl/N-ethyl adjacent to an activating group) is 1. The summed E-state index contributed by atoms with van der Waals surface area (Å²) in [5.74, 6) is 1.01. The lowest BCUT2D eigenvalue weighted by Gasteiger charge is -2.27. The molecule has 0 aliphatic heterocycles. The first kappa shape index (κ1) is 22.4. The minimum atomic E-state index is -0.406. The molecule has 0 saturated heterocycles. The van der Waals surface area contributed by atoms with Crippen LogP contribution in [0.25, 0.3) is 22.2 Å². The van der Waals surface area contributed by atoms with Gasteiger partial charge in [0.15, 0.2) is 5.82 Å². The molecule has 2 amide bonds. The number of carbonyl (C=O) groups is 1. The fourth-order valence-electron chi connectivity index (χ4n) is 3.95. The van der Waals surface area contributed by atoms with Crippen LogP contribution in [-0.4, -0.2) is 43.1 Å². The molecule has 0 unspecified atom stereocenters. The van der Waals surface area contributed by atoms with E-state index in [-0.39, 0.29) is 6.03 Å². The second kappa shape index (κ2) is 9.47. The molecule has 3 heterocycles. The van der Waals surface area contributed by atoms with Crippen molar-refractivity contribution < 1.29 is 4.79 Å². The highest BCUT2D eigenvalue weighted by Gasteiger charge is 2.27. The van der Waals surface area contributed by atoms with E-state index in [0.717, 1.165) is 22.0 Å². The Morgan fingerprint density at radius 2 is 1.91 bits per heavy atom. The van der Waals surface area contributed by atoms with Gasteiger partial charge in [-0.2, -0.15) is 5.10 Å². The Morgan fingerprint density at radius 1 is 1.14 bits per heavy atom. The summed E-state index contributed by atoms with van der Waals surface area (Å²) in [6, 6.07) is 18.4. The maximum atomic E-state index is 13.1. The number of carbonyl (C=O) groups excluding carboxylic acids is 1. The summed E-state index contributed by atoms with van der Waals surface area (Å²) in [6.07, 6.45) is 3.79. The van der Waals surface area contributed by atoms with Crippen molar-refractivity contribution in [2.75, 3.05) is 18.1 Å². The van der Waals surface area contributed by atoms with Crippen LogP contribution < -0.4 is 11.1 Å².